The van der Waals surface area contributed by atoms with Crippen LogP contribution in [-0.4, -0.2) is 20.9 Å². The number of hydrogen-bond donors (Lipinski definition) is 1. The summed E-state index contributed by atoms with van der Waals surface area (Å²) in [5.74, 6) is -0.0625. The summed E-state index contributed by atoms with van der Waals surface area (Å²) < 4.78 is 0. The zero-order valence-corrected chi connectivity index (χ0v) is 19.2. The molecule has 0 saturated carbocycles. The van der Waals surface area contributed by atoms with E-state index in [9.17, 15) is 4.79 Å². The van der Waals surface area contributed by atoms with Crippen LogP contribution in [0.2, 0.25) is 0 Å². The molecule has 0 fully saturated rings. The average molecular weight is 576 g/mol. The number of benzene rings is 3. The summed E-state index contributed by atoms with van der Waals surface area (Å²) in [4.78, 5) is 19.0. The van der Waals surface area contributed by atoms with Gasteiger partial charge >= 0.3 is 0 Å². The van der Waals surface area contributed by atoms with Crippen molar-refractivity contribution in [1.29, 1.82) is 0 Å². The average Bonchev–Trinajstić information content (AvgIpc) is 2.75. The third-order valence-corrected chi connectivity index (χ3v) is 3.54. The van der Waals surface area contributed by atoms with Crippen LogP contribution in [0.3, 0.4) is 0 Å². The number of aliphatic hydroxyl groups excluding tert-OH is 1. The fourth-order valence-corrected chi connectivity index (χ4v) is 2.34. The first-order valence-electron chi connectivity index (χ1n) is 9.12. The van der Waals surface area contributed by atoms with Gasteiger partial charge < -0.3 is 5.11 Å². The minimum atomic E-state index is -0.125. The summed E-state index contributed by atoms with van der Waals surface area (Å²) in [5.41, 5.74) is 3.88. The second kappa shape index (κ2) is 13.9. The number of aromatic nitrogens is 2. The largest absolute Gasteiger partial charge is 0.512 e. The Kier molecular flexibility index (Phi) is 11.6. The third-order valence-electron chi connectivity index (χ3n) is 3.54. The molecule has 1 aromatic heterocycles. The number of carbonyl (C=O) groups is 1. The molecular weight excluding hydrogens is 553 g/mol. The molecule has 0 saturated heterocycles. The monoisotopic (exact) mass is 576 g/mol. The Morgan fingerprint density at radius 2 is 1.43 bits per heavy atom. The minimum absolute atomic E-state index is 0. The van der Waals surface area contributed by atoms with Gasteiger partial charge in [-0.05, 0) is 26.0 Å². The summed E-state index contributed by atoms with van der Waals surface area (Å²) in [6.07, 6.45) is 2.98. The van der Waals surface area contributed by atoms with Crippen LogP contribution in [0.4, 0.5) is 0 Å². The number of allylic oxidation sites excluding steroid dienone is 2. The van der Waals surface area contributed by atoms with Crippen LogP contribution in [-0.2, 0) is 24.9 Å². The Morgan fingerprint density at radius 1 is 0.867 bits per heavy atom. The van der Waals surface area contributed by atoms with Gasteiger partial charge in [0.05, 0.1) is 28.7 Å². The van der Waals surface area contributed by atoms with Crippen LogP contribution in [0.1, 0.15) is 13.8 Å². The zero-order chi connectivity index (χ0) is 20.9. The normalized spacial score (nSPS) is 9.87. The van der Waals surface area contributed by atoms with Crippen LogP contribution < -0.4 is 0 Å². The maximum atomic E-state index is 10.0. The van der Waals surface area contributed by atoms with Crippen molar-refractivity contribution in [3.05, 3.63) is 109 Å². The van der Waals surface area contributed by atoms with E-state index in [0.29, 0.717) is 0 Å². The Balaban J connectivity index is 0.000000269. The van der Waals surface area contributed by atoms with Crippen LogP contribution in [0.15, 0.2) is 103 Å². The van der Waals surface area contributed by atoms with Crippen LogP contribution >= 0.6 is 0 Å². The van der Waals surface area contributed by atoms with Crippen LogP contribution in [0, 0.1) is 6.07 Å². The van der Waals surface area contributed by atoms with Crippen LogP contribution in [0.5, 0.6) is 0 Å². The number of rotatable bonds is 2. The number of ketones is 1. The number of carbonyl (C=O) groups excluding carboxylic acids is 1. The predicted molar refractivity (Wildman–Crippen MR) is 117 cm³/mol. The van der Waals surface area contributed by atoms with E-state index < -0.39 is 0 Å². The summed E-state index contributed by atoms with van der Waals surface area (Å²) in [5, 5.41) is 8.36. The molecule has 0 amide bonds. The van der Waals surface area contributed by atoms with Crippen molar-refractivity contribution in [1.82, 2.24) is 9.97 Å². The fourth-order valence-electron chi connectivity index (χ4n) is 2.34. The molecule has 0 aliphatic carbocycles. The van der Waals surface area contributed by atoms with E-state index in [1.807, 2.05) is 91.1 Å². The van der Waals surface area contributed by atoms with Crippen molar-refractivity contribution in [2.24, 2.45) is 0 Å². The molecule has 4 aromatic rings. The number of para-hydroxylation sites is 2. The third kappa shape index (κ3) is 9.37. The minimum Gasteiger partial charge on any atom is -0.512 e. The van der Waals surface area contributed by atoms with Crippen molar-refractivity contribution in [3.63, 3.8) is 0 Å². The van der Waals surface area contributed by atoms with Gasteiger partial charge in [-0.1, -0.05) is 42.5 Å². The number of aliphatic hydroxyl groups is 1. The van der Waals surface area contributed by atoms with Crippen molar-refractivity contribution >= 4 is 16.8 Å². The van der Waals surface area contributed by atoms with Gasteiger partial charge in [0, 0.05) is 31.7 Å². The van der Waals surface area contributed by atoms with E-state index in [1.54, 1.807) is 0 Å². The van der Waals surface area contributed by atoms with Crippen molar-refractivity contribution in [2.45, 2.75) is 13.8 Å². The molecule has 0 bridgehead atoms. The number of nitrogens with zero attached hydrogens (tertiary/aromatic N) is 2. The molecule has 0 aliphatic rings. The SMILES string of the molecule is CC(=O)/C=C(/C)O.[Ir].[c-]1ccccc1.c1ccc(-c2cnc3ccccc3n2)cc1. The topological polar surface area (TPSA) is 63.1 Å². The molecule has 1 heterocycles. The molecule has 4 rings (SSSR count). The quantitative estimate of drug-likeness (QED) is 0.186. The van der Waals surface area contributed by atoms with Gasteiger partial charge in [0.15, 0.2) is 5.78 Å². The van der Waals surface area contributed by atoms with Gasteiger partial charge in [0.2, 0.25) is 0 Å². The maximum absolute atomic E-state index is 10.0. The molecule has 3 aromatic carbocycles. The Bertz CT molecular complexity index is 1020. The number of fused-ring (bicyclic) bond motifs is 1. The molecule has 0 unspecified atom stereocenters. The van der Waals surface area contributed by atoms with E-state index in [2.05, 4.69) is 16.0 Å². The van der Waals surface area contributed by atoms with E-state index in [4.69, 9.17) is 5.11 Å². The predicted octanol–water partition coefficient (Wildman–Crippen LogP) is 5.82. The fraction of sp³-hybridized carbons (Fsp3) is 0.0800. The van der Waals surface area contributed by atoms with E-state index in [1.165, 1.54) is 19.9 Å². The first-order chi connectivity index (χ1) is 14.1. The molecule has 4 nitrogen and oxygen atoms in total. The molecule has 0 atom stereocenters. The van der Waals surface area contributed by atoms with Crippen molar-refractivity contribution in [3.8, 4) is 11.3 Å². The summed E-state index contributed by atoms with van der Waals surface area (Å²) in [7, 11) is 0. The summed E-state index contributed by atoms with van der Waals surface area (Å²) in [6, 6.07) is 30.5. The maximum Gasteiger partial charge on any atom is 0.155 e. The number of hydrogen-bond acceptors (Lipinski definition) is 4. The Hall–Kier alpha value is -3.14. The van der Waals surface area contributed by atoms with E-state index >= 15 is 0 Å². The molecule has 5 heteroatoms. The molecule has 30 heavy (non-hydrogen) atoms. The zero-order valence-electron chi connectivity index (χ0n) is 16.8. The summed E-state index contributed by atoms with van der Waals surface area (Å²) >= 11 is 0. The Morgan fingerprint density at radius 3 is 1.90 bits per heavy atom. The Labute approximate surface area is 190 Å². The van der Waals surface area contributed by atoms with E-state index in [-0.39, 0.29) is 31.6 Å². The molecule has 0 aliphatic heterocycles. The first kappa shape index (κ1) is 24.9. The molecule has 0 spiro atoms. The molecule has 1 N–H and O–H groups in total. The second-order valence-corrected chi connectivity index (χ2v) is 6.08. The van der Waals surface area contributed by atoms with Crippen molar-refractivity contribution < 1.29 is 30.0 Å². The van der Waals surface area contributed by atoms with E-state index in [0.717, 1.165) is 22.3 Å². The van der Waals surface area contributed by atoms with Gasteiger partial charge in [-0.3, -0.25) is 9.78 Å². The van der Waals surface area contributed by atoms with Gasteiger partial charge in [-0.25, -0.2) is 4.98 Å². The first-order valence-corrected chi connectivity index (χ1v) is 9.12. The molecule has 1 radical (unpaired) electrons. The van der Waals surface area contributed by atoms with Gasteiger partial charge in [0.1, 0.15) is 0 Å². The van der Waals surface area contributed by atoms with Crippen molar-refractivity contribution in [2.75, 3.05) is 0 Å². The standard InChI is InChI=1S/C14H10N2.C6H5.C5H8O2.Ir/c1-2-6-11(7-3-1)14-10-15-12-8-4-5-9-13(12)16-14;1-2-4-6-5-3-1;1-4(6)3-5(2)7;/h1-10H;1-5H;3,6H,1-2H3;/q;-1;;/b;;4-3-;. The molecular formula is C25H23IrN2O2-. The molecule has 155 valence electrons. The summed E-state index contributed by atoms with van der Waals surface area (Å²) in [6.45, 7) is 2.85. The van der Waals surface area contributed by atoms with Gasteiger partial charge in [0.25, 0.3) is 0 Å². The van der Waals surface area contributed by atoms with Crippen LogP contribution in [0.25, 0.3) is 22.3 Å². The smallest absolute Gasteiger partial charge is 0.155 e. The van der Waals surface area contributed by atoms with Gasteiger partial charge in [-0.15, -0.1) is 0 Å². The second-order valence-electron chi connectivity index (χ2n) is 6.08. The van der Waals surface area contributed by atoms with Gasteiger partial charge in [-0.2, -0.15) is 36.4 Å².